The number of amides is 1. The normalized spacial score (nSPS) is 13.6. The van der Waals surface area contributed by atoms with Gasteiger partial charge in [-0.2, -0.15) is 0 Å². The number of aliphatic hydroxyl groups excluding tert-OH is 3. The molecule has 3 unspecified atom stereocenters. The summed E-state index contributed by atoms with van der Waals surface area (Å²) in [7, 11) is 0. The number of aliphatic hydroxyl groups is 3. The first-order valence-corrected chi connectivity index (χ1v) is 24.1. The van der Waals surface area contributed by atoms with Crippen LogP contribution in [0.3, 0.4) is 0 Å². The van der Waals surface area contributed by atoms with E-state index in [2.05, 4.69) is 43.5 Å². The number of nitrogens with one attached hydrogen (secondary N) is 1. The molecule has 0 aromatic heterocycles. The molecule has 0 spiro atoms. The van der Waals surface area contributed by atoms with Crippen LogP contribution in [-0.4, -0.2) is 46.1 Å². The number of hydrogen-bond donors (Lipinski definition) is 4. The van der Waals surface area contributed by atoms with Gasteiger partial charge in [0.05, 0.1) is 18.8 Å². The summed E-state index contributed by atoms with van der Waals surface area (Å²) in [5, 5.41) is 33.6. The molecule has 0 bridgehead atoms. The number of carbonyl (C=O) groups is 1. The molecule has 0 rings (SSSR count). The summed E-state index contributed by atoms with van der Waals surface area (Å²) in [5.41, 5.74) is 0. The molecular formula is C49H95NO4. The lowest BCUT2D eigenvalue weighted by molar-refractivity contribution is -0.124. The van der Waals surface area contributed by atoms with Crippen LogP contribution in [0.15, 0.2) is 24.3 Å². The van der Waals surface area contributed by atoms with Crippen LogP contribution in [0.2, 0.25) is 0 Å². The molecule has 0 aliphatic carbocycles. The minimum absolute atomic E-state index is 0.154. The van der Waals surface area contributed by atoms with Gasteiger partial charge in [-0.15, -0.1) is 0 Å². The lowest BCUT2D eigenvalue weighted by atomic mass is 10.0. The summed E-state index contributed by atoms with van der Waals surface area (Å²) < 4.78 is 0. The lowest BCUT2D eigenvalue weighted by Gasteiger charge is -2.26. The van der Waals surface area contributed by atoms with Crippen molar-refractivity contribution in [3.05, 3.63) is 24.3 Å². The summed E-state index contributed by atoms with van der Waals surface area (Å²) in [6.45, 7) is 4.19. The molecule has 320 valence electrons. The minimum atomic E-state index is -1.16. The molecule has 0 heterocycles. The van der Waals surface area contributed by atoms with Crippen molar-refractivity contribution in [3.8, 4) is 0 Å². The van der Waals surface area contributed by atoms with Crippen molar-refractivity contribution in [2.24, 2.45) is 0 Å². The van der Waals surface area contributed by atoms with Gasteiger partial charge in [0.25, 0.3) is 0 Å². The molecule has 0 radical (unpaired) electrons. The van der Waals surface area contributed by atoms with E-state index in [0.717, 1.165) is 44.9 Å². The first-order chi connectivity index (χ1) is 26.6. The van der Waals surface area contributed by atoms with Gasteiger partial charge in [-0.3, -0.25) is 4.79 Å². The topological polar surface area (TPSA) is 89.8 Å². The summed E-state index contributed by atoms with van der Waals surface area (Å²) in [4.78, 5) is 12.5. The molecule has 54 heavy (non-hydrogen) atoms. The maximum absolute atomic E-state index is 12.5. The van der Waals surface area contributed by atoms with E-state index in [1.54, 1.807) is 0 Å². The average molecular weight is 762 g/mol. The van der Waals surface area contributed by atoms with Gasteiger partial charge in [0.15, 0.2) is 0 Å². The van der Waals surface area contributed by atoms with Crippen molar-refractivity contribution >= 4 is 5.91 Å². The Morgan fingerprint density at radius 1 is 0.444 bits per heavy atom. The highest BCUT2D eigenvalue weighted by molar-refractivity contribution is 5.76. The first-order valence-electron chi connectivity index (χ1n) is 24.1. The van der Waals surface area contributed by atoms with Crippen LogP contribution in [0.5, 0.6) is 0 Å². The number of carbonyl (C=O) groups excluding carboxylic acids is 1. The lowest BCUT2D eigenvalue weighted by Crippen LogP contribution is -2.50. The monoisotopic (exact) mass is 762 g/mol. The van der Waals surface area contributed by atoms with E-state index in [4.69, 9.17) is 0 Å². The number of hydrogen-bond acceptors (Lipinski definition) is 4. The quantitative estimate of drug-likeness (QED) is 0.0368. The van der Waals surface area contributed by atoms with E-state index < -0.39 is 18.2 Å². The Morgan fingerprint density at radius 3 is 1.13 bits per heavy atom. The molecule has 0 aliphatic rings. The van der Waals surface area contributed by atoms with E-state index in [0.29, 0.717) is 12.8 Å². The van der Waals surface area contributed by atoms with Crippen LogP contribution in [0.4, 0.5) is 0 Å². The van der Waals surface area contributed by atoms with Crippen LogP contribution in [0.25, 0.3) is 0 Å². The molecule has 5 heteroatoms. The Hall–Kier alpha value is -1.17. The van der Waals surface area contributed by atoms with Gasteiger partial charge in [0.1, 0.15) is 6.10 Å². The molecule has 0 saturated carbocycles. The average Bonchev–Trinajstić information content (AvgIpc) is 3.18. The van der Waals surface area contributed by atoms with Gasteiger partial charge < -0.3 is 20.6 Å². The van der Waals surface area contributed by atoms with E-state index in [9.17, 15) is 20.1 Å². The van der Waals surface area contributed by atoms with Crippen LogP contribution >= 0.6 is 0 Å². The predicted molar refractivity (Wildman–Crippen MR) is 236 cm³/mol. The van der Waals surface area contributed by atoms with Crippen molar-refractivity contribution in [3.63, 3.8) is 0 Å². The summed E-state index contributed by atoms with van der Waals surface area (Å²) in [6.07, 6.45) is 54.4. The fraction of sp³-hybridized carbons (Fsp3) is 0.898. The van der Waals surface area contributed by atoms with Gasteiger partial charge in [0.2, 0.25) is 5.91 Å². The smallest absolute Gasteiger partial charge is 0.220 e. The van der Waals surface area contributed by atoms with Gasteiger partial charge >= 0.3 is 0 Å². The standard InChI is InChI=1S/C49H95NO4/c1-3-5-7-9-11-13-15-17-19-21-23-25-27-29-31-33-35-37-39-41-43-47(52)49(54)46(45-51)50-48(53)44-42-40-38-36-34-32-30-28-26-24-22-20-18-16-14-12-10-8-6-4-2/h27,29,35,37,46-47,49,51-52,54H,3-26,28,30-34,36,38-45H2,1-2H3,(H,50,53)/b29-27+,37-35+. The predicted octanol–water partition coefficient (Wildman–Crippen LogP) is 14.2. The highest BCUT2D eigenvalue weighted by Gasteiger charge is 2.26. The van der Waals surface area contributed by atoms with Gasteiger partial charge in [-0.1, -0.05) is 224 Å². The third kappa shape index (κ3) is 39.1. The van der Waals surface area contributed by atoms with E-state index in [1.165, 1.54) is 186 Å². The third-order valence-electron chi connectivity index (χ3n) is 11.3. The van der Waals surface area contributed by atoms with E-state index in [-0.39, 0.29) is 12.5 Å². The molecule has 5 nitrogen and oxygen atoms in total. The molecule has 4 N–H and O–H groups in total. The van der Waals surface area contributed by atoms with Crippen LogP contribution in [0, 0.1) is 0 Å². The van der Waals surface area contributed by atoms with Gasteiger partial charge in [0, 0.05) is 6.42 Å². The Kier molecular flexibility index (Phi) is 43.6. The van der Waals surface area contributed by atoms with Crippen LogP contribution in [0.1, 0.15) is 258 Å². The second-order valence-electron chi connectivity index (χ2n) is 16.7. The maximum Gasteiger partial charge on any atom is 0.220 e. The number of unbranched alkanes of at least 4 members (excludes halogenated alkanes) is 32. The highest BCUT2D eigenvalue weighted by atomic mass is 16.3. The van der Waals surface area contributed by atoms with Crippen molar-refractivity contribution < 1.29 is 20.1 Å². The summed E-state index contributed by atoms with van der Waals surface area (Å²) in [5.74, 6) is -0.154. The van der Waals surface area contributed by atoms with Crippen molar-refractivity contribution in [1.29, 1.82) is 0 Å². The molecule has 0 fully saturated rings. The van der Waals surface area contributed by atoms with Crippen LogP contribution in [-0.2, 0) is 4.79 Å². The largest absolute Gasteiger partial charge is 0.394 e. The van der Waals surface area contributed by atoms with Crippen molar-refractivity contribution in [2.75, 3.05) is 6.61 Å². The summed E-state index contributed by atoms with van der Waals surface area (Å²) >= 11 is 0. The zero-order valence-electron chi connectivity index (χ0n) is 36.4. The molecule has 1 amide bonds. The Balaban J connectivity index is 3.64. The maximum atomic E-state index is 12.5. The first kappa shape index (κ1) is 52.8. The number of allylic oxidation sites excluding steroid dienone is 4. The van der Waals surface area contributed by atoms with Gasteiger partial charge in [-0.05, 0) is 51.4 Å². The molecule has 0 aromatic carbocycles. The Bertz CT molecular complexity index is 799. The fourth-order valence-electron chi connectivity index (χ4n) is 7.53. The Labute approximate surface area is 337 Å². The second-order valence-corrected chi connectivity index (χ2v) is 16.7. The zero-order valence-corrected chi connectivity index (χ0v) is 36.4. The Morgan fingerprint density at radius 2 is 0.759 bits per heavy atom. The number of rotatable bonds is 44. The SMILES string of the molecule is CCCCCCCCCCCCC/C=C/CC/C=C/CCCC(O)C(O)C(CO)NC(=O)CCCCCCCCCCCCCCCCCCCCCC. The third-order valence-corrected chi connectivity index (χ3v) is 11.3. The molecule has 0 aliphatic heterocycles. The van der Waals surface area contributed by atoms with Crippen molar-refractivity contribution in [1.82, 2.24) is 5.32 Å². The van der Waals surface area contributed by atoms with Crippen molar-refractivity contribution in [2.45, 2.75) is 276 Å². The zero-order chi connectivity index (χ0) is 39.4. The second kappa shape index (κ2) is 44.5. The van der Waals surface area contributed by atoms with E-state index in [1.807, 2.05) is 0 Å². The minimum Gasteiger partial charge on any atom is -0.394 e. The fourth-order valence-corrected chi connectivity index (χ4v) is 7.53. The molecule has 0 saturated heterocycles. The molecule has 3 atom stereocenters. The highest BCUT2D eigenvalue weighted by Crippen LogP contribution is 2.16. The van der Waals surface area contributed by atoms with Crippen LogP contribution < -0.4 is 5.32 Å². The molecule has 0 aromatic rings. The van der Waals surface area contributed by atoms with Gasteiger partial charge in [-0.25, -0.2) is 0 Å². The van der Waals surface area contributed by atoms with E-state index >= 15 is 0 Å². The molecular weight excluding hydrogens is 667 g/mol. The summed E-state index contributed by atoms with van der Waals surface area (Å²) in [6, 6.07) is -0.829.